The Morgan fingerprint density at radius 2 is 2.11 bits per heavy atom. The van der Waals surface area contributed by atoms with Crippen LogP contribution in [0.2, 0.25) is 0 Å². The van der Waals surface area contributed by atoms with Crippen molar-refractivity contribution in [2.24, 2.45) is 4.99 Å². The Morgan fingerprint density at radius 1 is 1.33 bits per heavy atom. The molecule has 0 bridgehead atoms. The van der Waals surface area contributed by atoms with E-state index in [0.717, 1.165) is 74.8 Å². The molecule has 2 N–H and O–H groups in total. The van der Waals surface area contributed by atoms with E-state index in [2.05, 4.69) is 22.7 Å². The topological polar surface area (TPSA) is 79.5 Å². The summed E-state index contributed by atoms with van der Waals surface area (Å²) in [6.45, 7) is 9.64. The monoisotopic (exact) mass is 510 g/mol. The first-order valence-electron chi connectivity index (χ1n) is 9.88. The first-order valence-corrected chi connectivity index (χ1v) is 11.3. The Balaban J connectivity index is 0.00000364. The predicted octanol–water partition coefficient (Wildman–Crippen LogP) is 3.48. The summed E-state index contributed by atoms with van der Waals surface area (Å²) in [7, 11) is -0.696. The van der Waals surface area contributed by atoms with Crippen molar-refractivity contribution in [1.82, 2.24) is 15.8 Å². The minimum absolute atomic E-state index is 0. The van der Waals surface area contributed by atoms with Crippen molar-refractivity contribution in [1.29, 1.82) is 0 Å². The fourth-order valence-electron chi connectivity index (χ4n) is 3.57. The molecule has 1 aromatic heterocycles. The Hall–Kier alpha value is -0.640. The molecule has 1 heterocycles. The fourth-order valence-corrected chi connectivity index (χ4v) is 4.92. The molecule has 2 rings (SSSR count). The summed E-state index contributed by atoms with van der Waals surface area (Å²) in [4.78, 5) is 4.72. The van der Waals surface area contributed by atoms with E-state index >= 15 is 0 Å². The van der Waals surface area contributed by atoms with E-state index in [0.29, 0.717) is 11.3 Å². The maximum atomic E-state index is 12.1. The third kappa shape index (κ3) is 7.71. The number of halogens is 1. The largest absolute Gasteiger partial charge is 0.361 e. The second kappa shape index (κ2) is 12.7. The average molecular weight is 510 g/mol. The first-order chi connectivity index (χ1) is 12.5. The molecule has 1 aromatic rings. The lowest BCUT2D eigenvalue weighted by atomic mass is 9.95. The standard InChI is InChI=1S/C19H34N4O2S.HI/c1-5-20-19(21-12-8-11-18-14(3)23-25-15(18)4)22-16-9-7-10-17(13-16)26(24)6-2;/h16-17H,5-13H2,1-4H3,(H2,20,21,22);1H. The van der Waals surface area contributed by atoms with Crippen molar-refractivity contribution < 1.29 is 8.73 Å². The van der Waals surface area contributed by atoms with Crippen LogP contribution >= 0.6 is 24.0 Å². The van der Waals surface area contributed by atoms with E-state index in [1.165, 1.54) is 5.56 Å². The summed E-state index contributed by atoms with van der Waals surface area (Å²) < 4.78 is 17.3. The Bertz CT molecular complexity index is 601. The molecule has 156 valence electrons. The molecule has 0 aliphatic heterocycles. The van der Waals surface area contributed by atoms with Gasteiger partial charge in [-0.2, -0.15) is 0 Å². The number of aliphatic imine (C=N–C) groups is 1. The summed E-state index contributed by atoms with van der Waals surface area (Å²) >= 11 is 0. The molecular formula is C19H35IN4O2S. The number of rotatable bonds is 8. The highest BCUT2D eigenvalue weighted by Gasteiger charge is 2.26. The molecule has 1 saturated carbocycles. The van der Waals surface area contributed by atoms with Crippen molar-refractivity contribution in [3.63, 3.8) is 0 Å². The summed E-state index contributed by atoms with van der Waals surface area (Å²) in [6.07, 6.45) is 6.23. The van der Waals surface area contributed by atoms with Gasteiger partial charge in [-0.25, -0.2) is 0 Å². The van der Waals surface area contributed by atoms with Gasteiger partial charge in [0.1, 0.15) is 5.76 Å². The van der Waals surface area contributed by atoms with Crippen LogP contribution in [0.5, 0.6) is 0 Å². The van der Waals surface area contributed by atoms with Crippen LogP contribution in [0.25, 0.3) is 0 Å². The van der Waals surface area contributed by atoms with E-state index in [-0.39, 0.29) is 24.0 Å². The Kier molecular flexibility index (Phi) is 11.5. The third-order valence-electron chi connectivity index (χ3n) is 5.00. The molecule has 0 saturated heterocycles. The molecule has 3 unspecified atom stereocenters. The van der Waals surface area contributed by atoms with Gasteiger partial charge in [0.05, 0.1) is 5.69 Å². The maximum absolute atomic E-state index is 12.1. The predicted molar refractivity (Wildman–Crippen MR) is 124 cm³/mol. The molecule has 3 atom stereocenters. The average Bonchev–Trinajstić information content (AvgIpc) is 2.96. The summed E-state index contributed by atoms with van der Waals surface area (Å²) in [5.41, 5.74) is 2.18. The normalized spacial score (nSPS) is 21.4. The lowest BCUT2D eigenvalue weighted by Gasteiger charge is -2.30. The SMILES string of the molecule is CCNC(=NCCCc1c(C)noc1C)NC1CCCC(S(=O)CC)C1.I. The molecule has 6 nitrogen and oxygen atoms in total. The highest BCUT2D eigenvalue weighted by molar-refractivity contribution is 14.0. The van der Waals surface area contributed by atoms with Crippen LogP contribution in [-0.2, 0) is 17.2 Å². The minimum atomic E-state index is -0.696. The van der Waals surface area contributed by atoms with Gasteiger partial charge in [0.2, 0.25) is 0 Å². The summed E-state index contributed by atoms with van der Waals surface area (Å²) in [6, 6.07) is 0.365. The second-order valence-corrected chi connectivity index (χ2v) is 8.97. The Morgan fingerprint density at radius 3 is 2.74 bits per heavy atom. The van der Waals surface area contributed by atoms with Gasteiger partial charge in [-0.15, -0.1) is 24.0 Å². The van der Waals surface area contributed by atoms with Gasteiger partial charge in [-0.05, 0) is 52.9 Å². The molecule has 0 aromatic carbocycles. The van der Waals surface area contributed by atoms with Gasteiger partial charge in [0.15, 0.2) is 5.96 Å². The van der Waals surface area contributed by atoms with E-state index in [4.69, 9.17) is 9.52 Å². The minimum Gasteiger partial charge on any atom is -0.361 e. The summed E-state index contributed by atoms with van der Waals surface area (Å²) in [5.74, 6) is 2.54. The van der Waals surface area contributed by atoms with Gasteiger partial charge in [0, 0.05) is 46.5 Å². The zero-order valence-electron chi connectivity index (χ0n) is 17.0. The second-order valence-electron chi connectivity index (χ2n) is 6.97. The molecule has 8 heteroatoms. The highest BCUT2D eigenvalue weighted by Crippen LogP contribution is 2.23. The number of nitrogens with zero attached hydrogens (tertiary/aromatic N) is 2. The van der Waals surface area contributed by atoms with E-state index < -0.39 is 10.8 Å². The van der Waals surface area contributed by atoms with Crippen LogP contribution in [-0.4, -0.2) is 45.5 Å². The number of nitrogens with one attached hydrogen (secondary N) is 2. The van der Waals surface area contributed by atoms with E-state index in [1.807, 2.05) is 20.8 Å². The number of hydrogen-bond acceptors (Lipinski definition) is 4. The summed E-state index contributed by atoms with van der Waals surface area (Å²) in [5, 5.41) is 11.2. The van der Waals surface area contributed by atoms with Gasteiger partial charge < -0.3 is 15.2 Å². The number of guanidine groups is 1. The molecule has 0 amide bonds. The van der Waals surface area contributed by atoms with Crippen LogP contribution in [0, 0.1) is 13.8 Å². The van der Waals surface area contributed by atoms with Gasteiger partial charge in [-0.3, -0.25) is 9.20 Å². The molecule has 0 radical (unpaired) electrons. The lowest BCUT2D eigenvalue weighted by molar-refractivity contribution is 0.392. The Labute approximate surface area is 183 Å². The molecule has 0 spiro atoms. The first kappa shape index (κ1) is 24.4. The quantitative estimate of drug-likeness (QED) is 0.242. The lowest BCUT2D eigenvalue weighted by Crippen LogP contribution is -2.46. The van der Waals surface area contributed by atoms with Gasteiger partial charge >= 0.3 is 0 Å². The van der Waals surface area contributed by atoms with Gasteiger partial charge in [-0.1, -0.05) is 18.5 Å². The highest BCUT2D eigenvalue weighted by atomic mass is 127. The molecule has 1 aliphatic carbocycles. The number of aryl methyl sites for hydroxylation is 2. The molecular weight excluding hydrogens is 475 g/mol. The molecule has 1 aliphatic rings. The number of aromatic nitrogens is 1. The van der Waals surface area contributed by atoms with Crippen LogP contribution in [0.4, 0.5) is 0 Å². The van der Waals surface area contributed by atoms with Crippen LogP contribution < -0.4 is 10.6 Å². The van der Waals surface area contributed by atoms with E-state index in [9.17, 15) is 4.21 Å². The van der Waals surface area contributed by atoms with Gasteiger partial charge in [0.25, 0.3) is 0 Å². The third-order valence-corrected chi connectivity index (χ3v) is 6.74. The fraction of sp³-hybridized carbons (Fsp3) is 0.789. The van der Waals surface area contributed by atoms with Crippen molar-refractivity contribution in [2.45, 2.75) is 77.5 Å². The smallest absolute Gasteiger partial charge is 0.191 e. The van der Waals surface area contributed by atoms with E-state index in [1.54, 1.807) is 0 Å². The van der Waals surface area contributed by atoms with Crippen LogP contribution in [0.1, 0.15) is 63.0 Å². The zero-order chi connectivity index (χ0) is 18.9. The van der Waals surface area contributed by atoms with Crippen molar-refractivity contribution in [3.05, 3.63) is 17.0 Å². The van der Waals surface area contributed by atoms with Crippen LogP contribution in [0.15, 0.2) is 9.52 Å². The maximum Gasteiger partial charge on any atom is 0.191 e. The number of hydrogen-bond donors (Lipinski definition) is 2. The van der Waals surface area contributed by atoms with Crippen molar-refractivity contribution in [3.8, 4) is 0 Å². The molecule has 1 fully saturated rings. The van der Waals surface area contributed by atoms with Crippen molar-refractivity contribution in [2.75, 3.05) is 18.8 Å². The molecule has 27 heavy (non-hydrogen) atoms. The van der Waals surface area contributed by atoms with Crippen LogP contribution in [0.3, 0.4) is 0 Å². The van der Waals surface area contributed by atoms with Crippen molar-refractivity contribution >= 4 is 40.7 Å². The zero-order valence-corrected chi connectivity index (χ0v) is 20.2.